The number of rotatable bonds is 5. The van der Waals surface area contributed by atoms with Gasteiger partial charge in [0.15, 0.2) is 0 Å². The molecule has 6 nitrogen and oxygen atoms in total. The Morgan fingerprint density at radius 1 is 1.33 bits per heavy atom. The molecule has 7 heteroatoms. The molecule has 0 bridgehead atoms. The molecule has 24 heavy (non-hydrogen) atoms. The Labute approximate surface area is 148 Å². The van der Waals surface area contributed by atoms with Crippen molar-refractivity contribution in [3.63, 3.8) is 0 Å². The van der Waals surface area contributed by atoms with Crippen molar-refractivity contribution in [3.05, 3.63) is 29.8 Å². The van der Waals surface area contributed by atoms with Crippen LogP contribution in [-0.2, 0) is 4.79 Å². The van der Waals surface area contributed by atoms with Gasteiger partial charge >= 0.3 is 0 Å². The van der Waals surface area contributed by atoms with Gasteiger partial charge in [-0.05, 0) is 38.0 Å². The SMILES string of the molecule is C[C@H]1CNCCN1CC(=O)Nc1cccc(C(=O)NC2CC2)c1.Cl. The largest absolute Gasteiger partial charge is 0.349 e. The first-order valence-electron chi connectivity index (χ1n) is 8.27. The average molecular weight is 353 g/mol. The summed E-state index contributed by atoms with van der Waals surface area (Å²) in [5, 5.41) is 9.16. The molecule has 2 fully saturated rings. The van der Waals surface area contributed by atoms with Gasteiger partial charge in [-0.2, -0.15) is 0 Å². The quantitative estimate of drug-likeness (QED) is 0.745. The van der Waals surface area contributed by atoms with Gasteiger partial charge in [0, 0.05) is 43.0 Å². The third-order valence-electron chi connectivity index (χ3n) is 4.31. The topological polar surface area (TPSA) is 73.5 Å². The van der Waals surface area contributed by atoms with E-state index < -0.39 is 0 Å². The van der Waals surface area contributed by atoms with Crippen LogP contribution in [0.25, 0.3) is 0 Å². The molecule has 1 heterocycles. The van der Waals surface area contributed by atoms with Crippen LogP contribution in [0.2, 0.25) is 0 Å². The van der Waals surface area contributed by atoms with E-state index in [2.05, 4.69) is 27.8 Å². The lowest BCUT2D eigenvalue weighted by atomic mass is 10.2. The van der Waals surface area contributed by atoms with Crippen LogP contribution in [0.15, 0.2) is 24.3 Å². The fraction of sp³-hybridized carbons (Fsp3) is 0.529. The zero-order chi connectivity index (χ0) is 16.2. The summed E-state index contributed by atoms with van der Waals surface area (Å²) in [4.78, 5) is 26.4. The molecular formula is C17H25ClN4O2. The molecule has 3 N–H and O–H groups in total. The van der Waals surface area contributed by atoms with Gasteiger partial charge in [0.2, 0.25) is 5.91 Å². The molecule has 2 amide bonds. The maximum Gasteiger partial charge on any atom is 0.251 e. The van der Waals surface area contributed by atoms with E-state index >= 15 is 0 Å². The monoisotopic (exact) mass is 352 g/mol. The highest BCUT2D eigenvalue weighted by molar-refractivity contribution is 5.97. The van der Waals surface area contributed by atoms with Crippen molar-refractivity contribution >= 4 is 29.9 Å². The molecule has 1 aliphatic heterocycles. The number of nitrogens with one attached hydrogen (secondary N) is 3. The van der Waals surface area contributed by atoms with Gasteiger partial charge in [-0.15, -0.1) is 12.4 Å². The second-order valence-electron chi connectivity index (χ2n) is 6.40. The molecule has 1 aromatic carbocycles. The summed E-state index contributed by atoms with van der Waals surface area (Å²) in [6.45, 7) is 5.18. The number of hydrogen-bond donors (Lipinski definition) is 3. The standard InChI is InChI=1S/C17H24N4O2.ClH/c1-12-10-18-7-8-21(12)11-16(22)19-15-4-2-3-13(9-15)17(23)20-14-5-6-14;/h2-4,9,12,14,18H,5-8,10-11H2,1H3,(H,19,22)(H,20,23);1H/t12-;/m0./s1. The zero-order valence-electron chi connectivity index (χ0n) is 13.9. The van der Waals surface area contributed by atoms with E-state index in [4.69, 9.17) is 0 Å². The molecule has 0 aromatic heterocycles. The first-order chi connectivity index (χ1) is 11.1. The van der Waals surface area contributed by atoms with Crippen LogP contribution in [0.3, 0.4) is 0 Å². The number of piperazine rings is 1. The summed E-state index contributed by atoms with van der Waals surface area (Å²) in [6, 6.07) is 7.79. The maximum atomic E-state index is 12.2. The van der Waals surface area contributed by atoms with Gasteiger partial charge in [-0.25, -0.2) is 0 Å². The Hall–Kier alpha value is -1.63. The zero-order valence-corrected chi connectivity index (χ0v) is 14.7. The van der Waals surface area contributed by atoms with Crippen LogP contribution < -0.4 is 16.0 Å². The lowest BCUT2D eigenvalue weighted by molar-refractivity contribution is -0.118. The molecule has 1 aromatic rings. The van der Waals surface area contributed by atoms with Crippen molar-refractivity contribution in [2.24, 2.45) is 0 Å². The Balaban J connectivity index is 0.00000208. The number of anilines is 1. The summed E-state index contributed by atoms with van der Waals surface area (Å²) < 4.78 is 0. The predicted molar refractivity (Wildman–Crippen MR) is 96.7 cm³/mol. The summed E-state index contributed by atoms with van der Waals surface area (Å²) in [5.41, 5.74) is 1.26. The number of benzene rings is 1. The van der Waals surface area contributed by atoms with Crippen molar-refractivity contribution in [1.29, 1.82) is 0 Å². The van der Waals surface area contributed by atoms with E-state index in [1.165, 1.54) is 0 Å². The van der Waals surface area contributed by atoms with Gasteiger partial charge in [-0.3, -0.25) is 14.5 Å². The third kappa shape index (κ3) is 5.19. The lowest BCUT2D eigenvalue weighted by Crippen LogP contribution is -2.51. The molecule has 1 saturated carbocycles. The second-order valence-corrected chi connectivity index (χ2v) is 6.40. The van der Waals surface area contributed by atoms with Crippen LogP contribution in [0.1, 0.15) is 30.1 Å². The maximum absolute atomic E-state index is 12.2. The molecular weight excluding hydrogens is 328 g/mol. The Morgan fingerprint density at radius 3 is 2.83 bits per heavy atom. The summed E-state index contributed by atoms with van der Waals surface area (Å²) in [5.74, 6) is -0.113. The van der Waals surface area contributed by atoms with Crippen molar-refractivity contribution in [2.45, 2.75) is 31.8 Å². The highest BCUT2D eigenvalue weighted by Gasteiger charge is 2.24. The minimum absolute atomic E-state index is 0. The van der Waals surface area contributed by atoms with Gasteiger partial charge in [0.05, 0.1) is 6.54 Å². The minimum atomic E-state index is -0.0701. The smallest absolute Gasteiger partial charge is 0.251 e. The Morgan fingerprint density at radius 2 is 2.12 bits per heavy atom. The molecule has 0 radical (unpaired) electrons. The summed E-state index contributed by atoms with van der Waals surface area (Å²) >= 11 is 0. The predicted octanol–water partition coefficient (Wildman–Crippen LogP) is 1.23. The van der Waals surface area contributed by atoms with Gasteiger partial charge < -0.3 is 16.0 Å². The number of amides is 2. The van der Waals surface area contributed by atoms with Crippen LogP contribution in [0.4, 0.5) is 5.69 Å². The highest BCUT2D eigenvalue weighted by atomic mass is 35.5. The normalized spacial score (nSPS) is 20.8. The molecule has 0 unspecified atom stereocenters. The number of carbonyl (C=O) groups is 2. The van der Waals surface area contributed by atoms with E-state index in [0.717, 1.165) is 32.5 Å². The second kappa shape index (κ2) is 8.46. The molecule has 0 spiro atoms. The molecule has 1 aliphatic carbocycles. The molecule has 1 saturated heterocycles. The number of halogens is 1. The van der Waals surface area contributed by atoms with E-state index in [1.807, 2.05) is 6.07 Å². The fourth-order valence-electron chi connectivity index (χ4n) is 2.74. The highest BCUT2D eigenvalue weighted by Crippen LogP contribution is 2.20. The molecule has 1 atom stereocenters. The molecule has 132 valence electrons. The average Bonchev–Trinajstić information content (AvgIpc) is 3.34. The minimum Gasteiger partial charge on any atom is -0.349 e. The van der Waals surface area contributed by atoms with E-state index in [9.17, 15) is 9.59 Å². The van der Waals surface area contributed by atoms with Gasteiger partial charge in [0.25, 0.3) is 5.91 Å². The van der Waals surface area contributed by atoms with Crippen LogP contribution in [0.5, 0.6) is 0 Å². The van der Waals surface area contributed by atoms with Gasteiger partial charge in [-0.1, -0.05) is 6.07 Å². The molecule has 2 aliphatic rings. The Bertz CT molecular complexity index is 592. The van der Waals surface area contributed by atoms with Crippen LogP contribution >= 0.6 is 12.4 Å². The number of hydrogen-bond acceptors (Lipinski definition) is 4. The lowest BCUT2D eigenvalue weighted by Gasteiger charge is -2.33. The first-order valence-corrected chi connectivity index (χ1v) is 8.27. The summed E-state index contributed by atoms with van der Waals surface area (Å²) in [6.07, 6.45) is 2.12. The van der Waals surface area contributed by atoms with Crippen LogP contribution in [0, 0.1) is 0 Å². The number of nitrogens with zero attached hydrogens (tertiary/aromatic N) is 1. The third-order valence-corrected chi connectivity index (χ3v) is 4.31. The van der Waals surface area contributed by atoms with Crippen molar-refractivity contribution in [3.8, 4) is 0 Å². The van der Waals surface area contributed by atoms with Crippen molar-refractivity contribution < 1.29 is 9.59 Å². The summed E-state index contributed by atoms with van der Waals surface area (Å²) in [7, 11) is 0. The molecule has 3 rings (SSSR count). The van der Waals surface area contributed by atoms with E-state index in [1.54, 1.807) is 18.2 Å². The fourth-order valence-corrected chi connectivity index (χ4v) is 2.74. The van der Waals surface area contributed by atoms with E-state index in [0.29, 0.717) is 29.9 Å². The van der Waals surface area contributed by atoms with E-state index in [-0.39, 0.29) is 24.2 Å². The number of carbonyl (C=O) groups excluding carboxylic acids is 2. The Kier molecular flexibility index (Phi) is 6.60. The first kappa shape index (κ1) is 18.7. The van der Waals surface area contributed by atoms with Gasteiger partial charge in [0.1, 0.15) is 0 Å². The van der Waals surface area contributed by atoms with Crippen molar-refractivity contribution in [1.82, 2.24) is 15.5 Å². The van der Waals surface area contributed by atoms with Crippen molar-refractivity contribution in [2.75, 3.05) is 31.5 Å². The van der Waals surface area contributed by atoms with Crippen LogP contribution in [-0.4, -0.2) is 55.0 Å².